The van der Waals surface area contributed by atoms with Crippen LogP contribution >= 0.6 is 11.6 Å². The highest BCUT2D eigenvalue weighted by Crippen LogP contribution is 2.34. The smallest absolute Gasteiger partial charge is 0.407 e. The van der Waals surface area contributed by atoms with Gasteiger partial charge < -0.3 is 19.8 Å². The molecular formula is C24H27ClN6O3. The van der Waals surface area contributed by atoms with Gasteiger partial charge in [0.25, 0.3) is 0 Å². The predicted octanol–water partition coefficient (Wildman–Crippen LogP) is 3.21. The molecule has 2 aliphatic rings. The van der Waals surface area contributed by atoms with Crippen LogP contribution in [0.1, 0.15) is 36.9 Å². The van der Waals surface area contributed by atoms with Crippen LogP contribution in [0, 0.1) is 17.2 Å². The number of nitriles is 1. The van der Waals surface area contributed by atoms with Crippen LogP contribution in [0.25, 0.3) is 0 Å². The van der Waals surface area contributed by atoms with Crippen LogP contribution in [0.4, 0.5) is 10.6 Å². The number of carbonyl (C=O) groups excluding carboxylic acids is 1. The predicted molar refractivity (Wildman–Crippen MR) is 127 cm³/mol. The quantitative estimate of drug-likeness (QED) is 0.695. The fourth-order valence-electron chi connectivity index (χ4n) is 5.00. The Morgan fingerprint density at radius 2 is 1.85 bits per heavy atom. The van der Waals surface area contributed by atoms with Gasteiger partial charge in [0, 0.05) is 49.6 Å². The third kappa shape index (κ3) is 4.92. The Morgan fingerprint density at radius 3 is 2.41 bits per heavy atom. The third-order valence-corrected chi connectivity index (χ3v) is 7.07. The lowest BCUT2D eigenvalue weighted by Crippen LogP contribution is -2.45. The van der Waals surface area contributed by atoms with Crippen molar-refractivity contribution in [2.75, 3.05) is 37.6 Å². The van der Waals surface area contributed by atoms with Crippen molar-refractivity contribution < 1.29 is 14.7 Å². The van der Waals surface area contributed by atoms with Crippen molar-refractivity contribution in [3.8, 4) is 6.07 Å². The Balaban J connectivity index is 1.44. The molecule has 0 unspecified atom stereocenters. The summed E-state index contributed by atoms with van der Waals surface area (Å²) in [5.41, 5.74) is 1.26. The van der Waals surface area contributed by atoms with Gasteiger partial charge in [0.05, 0.1) is 6.04 Å². The first kappa shape index (κ1) is 23.8. The molecule has 0 radical (unpaired) electrons. The minimum atomic E-state index is -0.974. The number of likely N-dealkylation sites (tertiary alicyclic amines) is 1. The molecule has 2 aliphatic heterocycles. The lowest BCUT2D eigenvalue weighted by Gasteiger charge is -2.33. The average Bonchev–Trinajstić information content (AvgIpc) is 3.29. The standard InChI is InChI=1S/C24H27ClN6O3/c1-2-31(24(33)34)21-15-30(14-20(21)16-3-5-18(25)6-4-16)23(32)17-9-11-29(12-10-17)22-8-7-19(13-26)27-28-22/h3-8,17,20-21H,2,9-12,14-15H2,1H3,(H,33,34)/t20-,21+/m1/s1. The largest absolute Gasteiger partial charge is 0.465 e. The summed E-state index contributed by atoms with van der Waals surface area (Å²) >= 11 is 6.05. The molecule has 1 N–H and O–H groups in total. The summed E-state index contributed by atoms with van der Waals surface area (Å²) in [4.78, 5) is 30.7. The van der Waals surface area contributed by atoms with Gasteiger partial charge in [-0.05, 0) is 49.6 Å². The number of rotatable bonds is 5. The normalized spacial score (nSPS) is 20.7. The van der Waals surface area contributed by atoms with E-state index in [1.54, 1.807) is 24.3 Å². The van der Waals surface area contributed by atoms with Gasteiger partial charge in [-0.2, -0.15) is 5.26 Å². The zero-order chi connectivity index (χ0) is 24.2. The Morgan fingerprint density at radius 1 is 1.15 bits per heavy atom. The van der Waals surface area contributed by atoms with E-state index in [-0.39, 0.29) is 29.5 Å². The molecule has 178 valence electrons. The highest BCUT2D eigenvalue weighted by molar-refractivity contribution is 6.30. The Hall–Kier alpha value is -3.38. The van der Waals surface area contributed by atoms with Crippen LogP contribution in [0.5, 0.6) is 0 Å². The van der Waals surface area contributed by atoms with E-state index in [9.17, 15) is 14.7 Å². The average molecular weight is 483 g/mol. The van der Waals surface area contributed by atoms with E-state index in [2.05, 4.69) is 15.1 Å². The SMILES string of the molecule is CCN(C(=O)O)[C@H]1CN(C(=O)C2CCN(c3ccc(C#N)nn3)CC2)C[C@@H]1c1ccc(Cl)cc1. The number of aromatic nitrogens is 2. The van der Waals surface area contributed by atoms with Crippen LogP contribution in [-0.2, 0) is 4.79 Å². The highest BCUT2D eigenvalue weighted by atomic mass is 35.5. The topological polar surface area (TPSA) is 114 Å². The van der Waals surface area contributed by atoms with E-state index in [0.717, 1.165) is 5.56 Å². The number of nitrogens with zero attached hydrogens (tertiary/aromatic N) is 6. The molecule has 0 spiro atoms. The van der Waals surface area contributed by atoms with Crippen molar-refractivity contribution in [2.45, 2.75) is 31.7 Å². The van der Waals surface area contributed by atoms with Crippen molar-refractivity contribution in [1.82, 2.24) is 20.0 Å². The third-order valence-electron chi connectivity index (χ3n) is 6.82. The molecule has 0 aliphatic carbocycles. The number of amides is 2. The number of hydrogen-bond acceptors (Lipinski definition) is 6. The first-order chi connectivity index (χ1) is 16.4. The van der Waals surface area contributed by atoms with E-state index in [1.807, 2.05) is 30.0 Å². The van der Waals surface area contributed by atoms with Gasteiger partial charge in [-0.1, -0.05) is 23.7 Å². The molecule has 34 heavy (non-hydrogen) atoms. The summed E-state index contributed by atoms with van der Waals surface area (Å²) < 4.78 is 0. The lowest BCUT2D eigenvalue weighted by atomic mass is 9.93. The van der Waals surface area contributed by atoms with Crippen LogP contribution < -0.4 is 4.90 Å². The van der Waals surface area contributed by atoms with Gasteiger partial charge in [0.1, 0.15) is 6.07 Å². The molecule has 2 atom stereocenters. The van der Waals surface area contributed by atoms with E-state index < -0.39 is 6.09 Å². The number of piperidine rings is 1. The Labute approximate surface area is 203 Å². The summed E-state index contributed by atoms with van der Waals surface area (Å²) in [6.45, 7) is 4.38. The first-order valence-corrected chi connectivity index (χ1v) is 11.8. The number of benzene rings is 1. The van der Waals surface area contributed by atoms with Crippen molar-refractivity contribution in [1.29, 1.82) is 5.26 Å². The van der Waals surface area contributed by atoms with Crippen LogP contribution in [0.3, 0.4) is 0 Å². The molecule has 4 rings (SSSR count). The zero-order valence-electron chi connectivity index (χ0n) is 19.0. The fourth-order valence-corrected chi connectivity index (χ4v) is 5.12. The molecule has 0 saturated carbocycles. The number of carbonyl (C=O) groups is 2. The molecule has 2 saturated heterocycles. The van der Waals surface area contributed by atoms with E-state index in [4.69, 9.17) is 16.9 Å². The maximum absolute atomic E-state index is 13.4. The molecular weight excluding hydrogens is 456 g/mol. The summed E-state index contributed by atoms with van der Waals surface area (Å²) in [6, 6.07) is 12.5. The van der Waals surface area contributed by atoms with Crippen LogP contribution in [-0.4, -0.2) is 75.9 Å². The minimum Gasteiger partial charge on any atom is -0.465 e. The minimum absolute atomic E-state index is 0.0773. The summed E-state index contributed by atoms with van der Waals surface area (Å²) in [5, 5.41) is 27.3. The molecule has 2 amide bonds. The summed E-state index contributed by atoms with van der Waals surface area (Å²) in [6.07, 6.45) is 0.394. The Kier molecular flexibility index (Phi) is 7.17. The maximum Gasteiger partial charge on any atom is 0.407 e. The van der Waals surface area contributed by atoms with Gasteiger partial charge in [0.2, 0.25) is 5.91 Å². The molecule has 9 nitrogen and oxygen atoms in total. The second kappa shape index (κ2) is 10.3. The fraction of sp³-hybridized carbons (Fsp3) is 0.458. The molecule has 3 heterocycles. The van der Waals surface area contributed by atoms with Crippen molar-refractivity contribution in [2.24, 2.45) is 5.92 Å². The molecule has 1 aromatic heterocycles. The number of hydrogen-bond donors (Lipinski definition) is 1. The van der Waals surface area contributed by atoms with E-state index in [0.29, 0.717) is 56.4 Å². The summed E-state index contributed by atoms with van der Waals surface area (Å²) in [7, 11) is 0. The van der Waals surface area contributed by atoms with Crippen LogP contribution in [0.2, 0.25) is 5.02 Å². The Bertz CT molecular complexity index is 1060. The van der Waals surface area contributed by atoms with E-state index in [1.165, 1.54) is 4.90 Å². The molecule has 2 fully saturated rings. The van der Waals surface area contributed by atoms with Gasteiger partial charge in [-0.3, -0.25) is 4.79 Å². The molecule has 0 bridgehead atoms. The molecule has 1 aromatic carbocycles. The van der Waals surface area contributed by atoms with Crippen molar-refractivity contribution >= 4 is 29.4 Å². The van der Waals surface area contributed by atoms with Crippen molar-refractivity contribution in [3.63, 3.8) is 0 Å². The second-order valence-electron chi connectivity index (χ2n) is 8.69. The molecule has 2 aromatic rings. The molecule has 10 heteroatoms. The second-order valence-corrected chi connectivity index (χ2v) is 9.12. The highest BCUT2D eigenvalue weighted by Gasteiger charge is 2.42. The van der Waals surface area contributed by atoms with Gasteiger partial charge in [0.15, 0.2) is 11.5 Å². The summed E-state index contributed by atoms with van der Waals surface area (Å²) in [5.74, 6) is 0.556. The van der Waals surface area contributed by atoms with Gasteiger partial charge >= 0.3 is 6.09 Å². The first-order valence-electron chi connectivity index (χ1n) is 11.4. The van der Waals surface area contributed by atoms with Crippen LogP contribution in [0.15, 0.2) is 36.4 Å². The number of halogens is 1. The number of anilines is 1. The van der Waals surface area contributed by atoms with Crippen molar-refractivity contribution in [3.05, 3.63) is 52.7 Å². The van der Waals surface area contributed by atoms with Gasteiger partial charge in [-0.25, -0.2) is 4.79 Å². The monoisotopic (exact) mass is 482 g/mol. The van der Waals surface area contributed by atoms with E-state index >= 15 is 0 Å². The number of carboxylic acid groups (broad SMARTS) is 1. The maximum atomic E-state index is 13.4. The zero-order valence-corrected chi connectivity index (χ0v) is 19.7. The van der Waals surface area contributed by atoms with Gasteiger partial charge in [-0.15, -0.1) is 10.2 Å². The lowest BCUT2D eigenvalue weighted by molar-refractivity contribution is -0.135. The number of likely N-dealkylation sites (N-methyl/N-ethyl adjacent to an activating group) is 1.